The number of anilines is 2. The molecule has 0 saturated heterocycles. The molecule has 0 amide bonds. The number of nitrogen functional groups attached to an aromatic ring is 1. The summed E-state index contributed by atoms with van der Waals surface area (Å²) in [7, 11) is 0. The maximum absolute atomic E-state index is 5.70. The molecule has 0 bridgehead atoms. The first kappa shape index (κ1) is 11.1. The quantitative estimate of drug-likeness (QED) is 0.708. The minimum Gasteiger partial charge on any atom is -0.423 e. The van der Waals surface area contributed by atoms with E-state index in [9.17, 15) is 0 Å². The summed E-state index contributed by atoms with van der Waals surface area (Å²) in [5.41, 5.74) is 9.19. The summed E-state index contributed by atoms with van der Waals surface area (Å²) in [4.78, 5) is 5.64. The number of benzene rings is 1. The van der Waals surface area contributed by atoms with Crippen LogP contribution in [-0.4, -0.2) is 4.98 Å². The van der Waals surface area contributed by atoms with Crippen LogP contribution in [0.25, 0.3) is 11.1 Å². The minimum atomic E-state index is 0.531. The fourth-order valence-electron chi connectivity index (χ4n) is 1.76. The van der Waals surface area contributed by atoms with Crippen molar-refractivity contribution in [1.82, 2.24) is 4.98 Å². The number of aryl methyl sites for hydroxylation is 1. The smallest absolute Gasteiger partial charge is 0.295 e. The summed E-state index contributed by atoms with van der Waals surface area (Å²) < 4.78 is 5.59. The van der Waals surface area contributed by atoms with Gasteiger partial charge in [-0.05, 0) is 36.1 Å². The van der Waals surface area contributed by atoms with Crippen LogP contribution in [0, 0.1) is 6.92 Å². The van der Waals surface area contributed by atoms with Crippen molar-refractivity contribution in [3.8, 4) is 0 Å². The molecule has 0 aliphatic carbocycles. The van der Waals surface area contributed by atoms with Gasteiger partial charge in [0, 0.05) is 16.6 Å². The van der Waals surface area contributed by atoms with E-state index in [0.29, 0.717) is 17.3 Å². The van der Waals surface area contributed by atoms with Gasteiger partial charge in [-0.15, -0.1) is 11.3 Å². The van der Waals surface area contributed by atoms with Crippen LogP contribution >= 0.6 is 11.3 Å². The fourth-order valence-corrected chi connectivity index (χ4v) is 2.60. The minimum absolute atomic E-state index is 0.531. The summed E-state index contributed by atoms with van der Waals surface area (Å²) in [5.74, 6) is 0. The molecule has 3 aromatic rings. The van der Waals surface area contributed by atoms with E-state index in [1.54, 1.807) is 17.4 Å². The highest BCUT2D eigenvalue weighted by Crippen LogP contribution is 2.22. The van der Waals surface area contributed by atoms with Crippen molar-refractivity contribution >= 4 is 34.1 Å². The van der Waals surface area contributed by atoms with Gasteiger partial charge in [-0.2, -0.15) is 4.98 Å². The zero-order chi connectivity index (χ0) is 12.5. The van der Waals surface area contributed by atoms with Crippen LogP contribution in [0.15, 0.2) is 34.1 Å². The second kappa shape index (κ2) is 4.34. The first-order valence-electron chi connectivity index (χ1n) is 5.65. The number of nitrogens with zero attached hydrogens (tertiary/aromatic N) is 1. The molecule has 4 nitrogen and oxygen atoms in total. The van der Waals surface area contributed by atoms with E-state index in [1.807, 2.05) is 12.1 Å². The Hall–Kier alpha value is -2.01. The van der Waals surface area contributed by atoms with Crippen LogP contribution in [0.2, 0.25) is 0 Å². The van der Waals surface area contributed by atoms with Crippen LogP contribution in [0.1, 0.15) is 10.4 Å². The molecule has 0 radical (unpaired) electrons. The molecule has 2 aromatic heterocycles. The second-order valence-corrected chi connectivity index (χ2v) is 5.13. The van der Waals surface area contributed by atoms with E-state index in [-0.39, 0.29) is 0 Å². The van der Waals surface area contributed by atoms with Gasteiger partial charge in [0.1, 0.15) is 5.52 Å². The second-order valence-electron chi connectivity index (χ2n) is 4.13. The fraction of sp³-hybridized carbons (Fsp3) is 0.154. The maximum Gasteiger partial charge on any atom is 0.295 e. The van der Waals surface area contributed by atoms with Gasteiger partial charge in [0.15, 0.2) is 5.58 Å². The molecule has 0 fully saturated rings. The molecule has 0 aliphatic rings. The number of rotatable bonds is 3. The monoisotopic (exact) mass is 259 g/mol. The molecule has 0 spiro atoms. The van der Waals surface area contributed by atoms with Crippen LogP contribution in [-0.2, 0) is 6.54 Å². The van der Waals surface area contributed by atoms with Gasteiger partial charge in [0.2, 0.25) is 0 Å². The molecule has 0 atom stereocenters. The summed E-state index contributed by atoms with van der Waals surface area (Å²) in [6.45, 7) is 2.83. The van der Waals surface area contributed by atoms with E-state index in [2.05, 4.69) is 28.7 Å². The van der Waals surface area contributed by atoms with Crippen molar-refractivity contribution in [3.05, 3.63) is 40.1 Å². The Morgan fingerprint density at radius 2 is 2.28 bits per heavy atom. The zero-order valence-corrected chi connectivity index (χ0v) is 10.8. The number of hydrogen-bond donors (Lipinski definition) is 2. The average molecular weight is 259 g/mol. The van der Waals surface area contributed by atoms with Gasteiger partial charge < -0.3 is 15.5 Å². The van der Waals surface area contributed by atoms with Gasteiger partial charge in [-0.25, -0.2) is 0 Å². The summed E-state index contributed by atoms with van der Waals surface area (Å²) in [6, 6.07) is 8.09. The Morgan fingerprint density at radius 3 is 3.06 bits per heavy atom. The molecule has 5 heteroatoms. The van der Waals surface area contributed by atoms with E-state index in [4.69, 9.17) is 10.2 Å². The van der Waals surface area contributed by atoms with Gasteiger partial charge in [0.25, 0.3) is 6.01 Å². The van der Waals surface area contributed by atoms with Gasteiger partial charge in [0.05, 0.1) is 6.54 Å². The number of aromatic nitrogens is 1. The molecular formula is C13H13N3OS. The molecular weight excluding hydrogens is 246 g/mol. The number of oxazole rings is 1. The predicted molar refractivity (Wildman–Crippen MR) is 74.8 cm³/mol. The average Bonchev–Trinajstić information content (AvgIpc) is 2.92. The number of hydrogen-bond acceptors (Lipinski definition) is 5. The largest absolute Gasteiger partial charge is 0.423 e. The molecule has 0 saturated carbocycles. The Bertz CT molecular complexity index is 686. The number of thiophene rings is 1. The Morgan fingerprint density at radius 1 is 1.39 bits per heavy atom. The SMILES string of the molecule is Cc1ccsc1CNc1nc2ccc(N)cc2o1. The zero-order valence-electron chi connectivity index (χ0n) is 9.93. The maximum atomic E-state index is 5.70. The number of fused-ring (bicyclic) bond motifs is 1. The Kier molecular flexibility index (Phi) is 2.68. The van der Waals surface area contributed by atoms with Crippen LogP contribution in [0.4, 0.5) is 11.7 Å². The van der Waals surface area contributed by atoms with Crippen molar-refractivity contribution in [2.45, 2.75) is 13.5 Å². The Labute approximate surface area is 108 Å². The van der Waals surface area contributed by atoms with Crippen molar-refractivity contribution in [3.63, 3.8) is 0 Å². The summed E-state index contributed by atoms with van der Waals surface area (Å²) in [5, 5.41) is 5.27. The third-order valence-corrected chi connectivity index (χ3v) is 3.80. The third kappa shape index (κ3) is 2.04. The van der Waals surface area contributed by atoms with Crippen molar-refractivity contribution in [2.24, 2.45) is 0 Å². The van der Waals surface area contributed by atoms with Crippen LogP contribution in [0.5, 0.6) is 0 Å². The van der Waals surface area contributed by atoms with Crippen molar-refractivity contribution in [1.29, 1.82) is 0 Å². The summed E-state index contributed by atoms with van der Waals surface area (Å²) >= 11 is 1.73. The lowest BCUT2D eigenvalue weighted by Gasteiger charge is -1.99. The highest BCUT2D eigenvalue weighted by molar-refractivity contribution is 7.10. The molecule has 0 aliphatic heterocycles. The molecule has 2 heterocycles. The lowest BCUT2D eigenvalue weighted by Crippen LogP contribution is -1.98. The first-order valence-corrected chi connectivity index (χ1v) is 6.53. The first-order chi connectivity index (χ1) is 8.72. The molecule has 18 heavy (non-hydrogen) atoms. The topological polar surface area (TPSA) is 64.1 Å². The summed E-state index contributed by atoms with van der Waals surface area (Å²) in [6.07, 6.45) is 0. The standard InChI is InChI=1S/C13H13N3OS/c1-8-4-5-18-12(8)7-15-13-16-10-3-2-9(14)6-11(10)17-13/h2-6H,7,14H2,1H3,(H,15,16). The molecule has 92 valence electrons. The molecule has 0 unspecified atom stereocenters. The van der Waals surface area contributed by atoms with Gasteiger partial charge in [-0.1, -0.05) is 0 Å². The van der Waals surface area contributed by atoms with E-state index >= 15 is 0 Å². The highest BCUT2D eigenvalue weighted by Gasteiger charge is 2.06. The highest BCUT2D eigenvalue weighted by atomic mass is 32.1. The lowest BCUT2D eigenvalue weighted by atomic mass is 10.3. The van der Waals surface area contributed by atoms with Gasteiger partial charge >= 0.3 is 0 Å². The number of nitrogens with one attached hydrogen (secondary N) is 1. The third-order valence-electron chi connectivity index (χ3n) is 2.78. The predicted octanol–water partition coefficient (Wildman–Crippen LogP) is 3.39. The van der Waals surface area contributed by atoms with E-state index in [1.165, 1.54) is 10.4 Å². The van der Waals surface area contributed by atoms with E-state index in [0.717, 1.165) is 12.1 Å². The normalized spacial score (nSPS) is 10.9. The van der Waals surface area contributed by atoms with Crippen molar-refractivity contribution < 1.29 is 4.42 Å². The van der Waals surface area contributed by atoms with Crippen molar-refractivity contribution in [2.75, 3.05) is 11.1 Å². The van der Waals surface area contributed by atoms with Gasteiger partial charge in [-0.3, -0.25) is 0 Å². The number of nitrogens with two attached hydrogens (primary N) is 1. The lowest BCUT2D eigenvalue weighted by molar-refractivity contribution is 0.615. The Balaban J connectivity index is 1.81. The molecule has 3 N–H and O–H groups in total. The molecule has 3 rings (SSSR count). The van der Waals surface area contributed by atoms with Crippen LogP contribution in [0.3, 0.4) is 0 Å². The molecule has 1 aromatic carbocycles. The van der Waals surface area contributed by atoms with Crippen LogP contribution < -0.4 is 11.1 Å². The van der Waals surface area contributed by atoms with E-state index < -0.39 is 0 Å².